The summed E-state index contributed by atoms with van der Waals surface area (Å²) in [6.45, 7) is 2.87. The lowest BCUT2D eigenvalue weighted by atomic mass is 9.83. The van der Waals surface area contributed by atoms with Gasteiger partial charge in [0.1, 0.15) is 0 Å². The van der Waals surface area contributed by atoms with Gasteiger partial charge in [-0.3, -0.25) is 9.59 Å². The quantitative estimate of drug-likeness (QED) is 0.488. The average Bonchev–Trinajstić information content (AvgIpc) is 2.19. The van der Waals surface area contributed by atoms with E-state index in [4.69, 9.17) is 10.2 Å². The first-order valence-corrected chi connectivity index (χ1v) is 5.06. The van der Waals surface area contributed by atoms with Crippen LogP contribution < -0.4 is 0 Å². The molecule has 15 heavy (non-hydrogen) atoms. The summed E-state index contributed by atoms with van der Waals surface area (Å²) in [6, 6.07) is 0. The number of unbranched alkanes of at least 4 members (excludes halogenated alkanes) is 1. The molecule has 5 nitrogen and oxygen atoms in total. The molecule has 0 spiro atoms. The summed E-state index contributed by atoms with van der Waals surface area (Å²) in [5, 5.41) is 18.1. The van der Waals surface area contributed by atoms with Crippen LogP contribution in [-0.4, -0.2) is 35.4 Å². The fourth-order valence-corrected chi connectivity index (χ4v) is 1.26. The molecule has 0 aliphatic heterocycles. The molecule has 0 heterocycles. The van der Waals surface area contributed by atoms with Crippen molar-refractivity contribution in [2.24, 2.45) is 5.41 Å². The highest BCUT2D eigenvalue weighted by Gasteiger charge is 2.46. The Hall–Kier alpha value is -1.10. The summed E-state index contributed by atoms with van der Waals surface area (Å²) in [5.74, 6) is -2.18. The van der Waals surface area contributed by atoms with E-state index < -0.39 is 24.0 Å². The van der Waals surface area contributed by atoms with Gasteiger partial charge in [-0.1, -0.05) is 19.8 Å². The molecule has 0 fully saturated rings. The molecule has 0 aliphatic rings. The van der Waals surface area contributed by atoms with Gasteiger partial charge >= 0.3 is 11.9 Å². The monoisotopic (exact) mass is 218 g/mol. The van der Waals surface area contributed by atoms with Gasteiger partial charge in [-0.25, -0.2) is 0 Å². The fraction of sp³-hybridized carbons (Fsp3) is 0.800. The zero-order valence-corrected chi connectivity index (χ0v) is 9.15. The second kappa shape index (κ2) is 6.40. The molecule has 1 atom stereocenters. The lowest BCUT2D eigenvalue weighted by Crippen LogP contribution is -2.44. The summed E-state index contributed by atoms with van der Waals surface area (Å²) in [5.41, 5.74) is -1.79. The minimum Gasteiger partial charge on any atom is -0.480 e. The van der Waals surface area contributed by atoms with Crippen LogP contribution in [0.2, 0.25) is 0 Å². The molecule has 0 bridgehead atoms. The van der Waals surface area contributed by atoms with Gasteiger partial charge in [0.25, 0.3) is 0 Å². The first kappa shape index (κ1) is 13.9. The fourth-order valence-electron chi connectivity index (χ4n) is 1.26. The zero-order chi connectivity index (χ0) is 11.9. The van der Waals surface area contributed by atoms with Gasteiger partial charge < -0.3 is 14.9 Å². The Morgan fingerprint density at radius 2 is 1.93 bits per heavy atom. The molecule has 0 saturated carbocycles. The maximum atomic E-state index is 11.5. The summed E-state index contributed by atoms with van der Waals surface area (Å²) >= 11 is 0. The van der Waals surface area contributed by atoms with E-state index in [1.54, 1.807) is 6.92 Å². The smallest absolute Gasteiger partial charge is 0.325 e. The van der Waals surface area contributed by atoms with Crippen molar-refractivity contribution in [3.63, 3.8) is 0 Å². The van der Waals surface area contributed by atoms with Gasteiger partial charge in [0.2, 0.25) is 0 Å². The Bertz CT molecular complexity index is 226. The normalized spacial score (nSPS) is 14.3. The van der Waals surface area contributed by atoms with Crippen LogP contribution in [0.5, 0.6) is 0 Å². The number of hydrogen-bond donors (Lipinski definition) is 2. The molecule has 1 unspecified atom stereocenters. The predicted octanol–water partition coefficient (Wildman–Crippen LogP) is 0.803. The van der Waals surface area contributed by atoms with E-state index in [2.05, 4.69) is 4.74 Å². The largest absolute Gasteiger partial charge is 0.480 e. The molecule has 0 amide bonds. The number of carboxylic acids is 1. The molecule has 0 aromatic carbocycles. The predicted molar refractivity (Wildman–Crippen MR) is 53.3 cm³/mol. The minimum absolute atomic E-state index is 0.105. The van der Waals surface area contributed by atoms with Crippen molar-refractivity contribution in [1.29, 1.82) is 0 Å². The maximum absolute atomic E-state index is 11.5. The van der Waals surface area contributed by atoms with Crippen LogP contribution >= 0.6 is 0 Å². The van der Waals surface area contributed by atoms with Crippen LogP contribution in [-0.2, 0) is 14.3 Å². The van der Waals surface area contributed by atoms with Gasteiger partial charge in [0, 0.05) is 0 Å². The molecule has 0 rings (SSSR count). The van der Waals surface area contributed by atoms with E-state index >= 15 is 0 Å². The van der Waals surface area contributed by atoms with E-state index in [9.17, 15) is 9.59 Å². The first-order chi connectivity index (χ1) is 7.05. The number of carbonyl (C=O) groups is 2. The first-order valence-electron chi connectivity index (χ1n) is 5.06. The van der Waals surface area contributed by atoms with E-state index in [0.29, 0.717) is 6.42 Å². The lowest BCUT2D eigenvalue weighted by Gasteiger charge is -2.24. The zero-order valence-electron chi connectivity index (χ0n) is 9.15. The number of aliphatic hydroxyl groups is 1. The van der Waals surface area contributed by atoms with Crippen LogP contribution in [0.3, 0.4) is 0 Å². The standard InChI is InChI=1S/C10H18O5/c1-3-5-6-10(7-11,8(12)13)9(14)15-4-2/h11H,3-7H2,1-2H3,(H,12,13). The molecule has 2 N–H and O–H groups in total. The van der Waals surface area contributed by atoms with Crippen molar-refractivity contribution in [2.75, 3.05) is 13.2 Å². The summed E-state index contributed by atoms with van der Waals surface area (Å²) in [4.78, 5) is 22.5. The van der Waals surface area contributed by atoms with Gasteiger partial charge in [-0.15, -0.1) is 0 Å². The third-order valence-electron chi connectivity index (χ3n) is 2.30. The second-order valence-corrected chi connectivity index (χ2v) is 3.37. The number of aliphatic carboxylic acids is 1. The van der Waals surface area contributed by atoms with Gasteiger partial charge in [-0.2, -0.15) is 0 Å². The van der Waals surface area contributed by atoms with Crippen LogP contribution in [0.1, 0.15) is 33.1 Å². The number of hydrogen-bond acceptors (Lipinski definition) is 4. The van der Waals surface area contributed by atoms with Crippen molar-refractivity contribution >= 4 is 11.9 Å². The highest BCUT2D eigenvalue weighted by Crippen LogP contribution is 2.26. The van der Waals surface area contributed by atoms with E-state index in [-0.39, 0.29) is 13.0 Å². The van der Waals surface area contributed by atoms with Crippen molar-refractivity contribution in [2.45, 2.75) is 33.1 Å². The molecular formula is C10H18O5. The molecule has 5 heteroatoms. The number of carboxylic acid groups (broad SMARTS) is 1. The summed E-state index contributed by atoms with van der Waals surface area (Å²) < 4.78 is 4.68. The second-order valence-electron chi connectivity index (χ2n) is 3.37. The molecule has 88 valence electrons. The summed E-state index contributed by atoms with van der Waals surface area (Å²) in [6.07, 6.45) is 1.42. The van der Waals surface area contributed by atoms with Crippen LogP contribution in [0.4, 0.5) is 0 Å². The molecule has 0 aromatic heterocycles. The Balaban J connectivity index is 4.79. The Kier molecular flexibility index (Phi) is 5.93. The third-order valence-corrected chi connectivity index (χ3v) is 2.30. The number of carbonyl (C=O) groups excluding carboxylic acids is 1. The number of aliphatic hydroxyl groups excluding tert-OH is 1. The highest BCUT2D eigenvalue weighted by molar-refractivity contribution is 5.99. The molecule has 0 saturated heterocycles. The number of esters is 1. The Morgan fingerprint density at radius 3 is 2.27 bits per heavy atom. The minimum atomic E-state index is -1.79. The lowest BCUT2D eigenvalue weighted by molar-refractivity contribution is -0.172. The van der Waals surface area contributed by atoms with Gasteiger partial charge in [0.05, 0.1) is 13.2 Å². The molecule has 0 aliphatic carbocycles. The van der Waals surface area contributed by atoms with Gasteiger partial charge in [-0.05, 0) is 13.3 Å². The number of rotatable bonds is 7. The van der Waals surface area contributed by atoms with Crippen molar-refractivity contribution in [3.8, 4) is 0 Å². The van der Waals surface area contributed by atoms with Crippen LogP contribution in [0.15, 0.2) is 0 Å². The Morgan fingerprint density at radius 1 is 1.33 bits per heavy atom. The molecule has 0 aromatic rings. The third kappa shape index (κ3) is 3.20. The Labute approximate surface area is 89.0 Å². The van der Waals surface area contributed by atoms with E-state index in [1.807, 2.05) is 6.92 Å². The highest BCUT2D eigenvalue weighted by atomic mass is 16.5. The van der Waals surface area contributed by atoms with E-state index in [1.165, 1.54) is 0 Å². The summed E-state index contributed by atoms with van der Waals surface area (Å²) in [7, 11) is 0. The maximum Gasteiger partial charge on any atom is 0.325 e. The molecule has 0 radical (unpaired) electrons. The van der Waals surface area contributed by atoms with Crippen molar-refractivity contribution in [3.05, 3.63) is 0 Å². The molecular weight excluding hydrogens is 200 g/mol. The van der Waals surface area contributed by atoms with Crippen LogP contribution in [0, 0.1) is 5.41 Å². The van der Waals surface area contributed by atoms with Crippen molar-refractivity contribution in [1.82, 2.24) is 0 Å². The average molecular weight is 218 g/mol. The SMILES string of the molecule is CCCCC(CO)(C(=O)O)C(=O)OCC. The van der Waals surface area contributed by atoms with E-state index in [0.717, 1.165) is 6.42 Å². The van der Waals surface area contributed by atoms with Crippen LogP contribution in [0.25, 0.3) is 0 Å². The topological polar surface area (TPSA) is 83.8 Å². The van der Waals surface area contributed by atoms with Crippen molar-refractivity contribution < 1.29 is 24.5 Å². The van der Waals surface area contributed by atoms with Gasteiger partial charge in [0.15, 0.2) is 5.41 Å². The number of ether oxygens (including phenoxy) is 1.